The van der Waals surface area contributed by atoms with Crippen molar-refractivity contribution >= 4 is 11.7 Å². The maximum atomic E-state index is 11.6. The van der Waals surface area contributed by atoms with E-state index >= 15 is 0 Å². The van der Waals surface area contributed by atoms with E-state index in [1.165, 1.54) is 0 Å². The Bertz CT molecular complexity index is 562. The summed E-state index contributed by atoms with van der Waals surface area (Å²) in [6, 6.07) is 7.60. The third-order valence-electron chi connectivity index (χ3n) is 4.32. The van der Waals surface area contributed by atoms with Crippen LogP contribution < -0.4 is 5.32 Å². The second-order valence-electron chi connectivity index (χ2n) is 5.83. The van der Waals surface area contributed by atoms with Gasteiger partial charge in [-0.1, -0.05) is 18.9 Å². The molecule has 0 aliphatic heterocycles. The number of benzene rings is 1. The monoisotopic (exact) mass is 272 g/mol. The summed E-state index contributed by atoms with van der Waals surface area (Å²) < 4.78 is 0. The predicted octanol–water partition coefficient (Wildman–Crippen LogP) is 3.31. The lowest BCUT2D eigenvalue weighted by molar-refractivity contribution is -0.150. The molecule has 0 radical (unpaired) electrons. The molecular weight excluding hydrogens is 252 g/mol. The van der Waals surface area contributed by atoms with E-state index in [2.05, 4.69) is 11.4 Å². The second-order valence-corrected chi connectivity index (χ2v) is 5.83. The average molecular weight is 272 g/mol. The van der Waals surface area contributed by atoms with Gasteiger partial charge in [0.1, 0.15) is 6.07 Å². The van der Waals surface area contributed by atoms with Crippen LogP contribution >= 0.6 is 0 Å². The minimum Gasteiger partial charge on any atom is -0.481 e. The van der Waals surface area contributed by atoms with Gasteiger partial charge >= 0.3 is 5.97 Å². The van der Waals surface area contributed by atoms with Gasteiger partial charge in [0.05, 0.1) is 16.7 Å². The molecule has 20 heavy (non-hydrogen) atoms. The molecule has 1 aromatic carbocycles. The number of carbonyl (C=O) groups is 1. The fourth-order valence-electron chi connectivity index (χ4n) is 2.88. The number of hydrogen-bond donors (Lipinski definition) is 2. The van der Waals surface area contributed by atoms with Crippen LogP contribution in [-0.4, -0.2) is 17.1 Å². The van der Waals surface area contributed by atoms with E-state index in [0.717, 1.165) is 30.5 Å². The maximum absolute atomic E-state index is 11.6. The van der Waals surface area contributed by atoms with Crippen LogP contribution in [0.3, 0.4) is 0 Å². The van der Waals surface area contributed by atoms with E-state index in [-0.39, 0.29) is 6.04 Å². The summed E-state index contributed by atoms with van der Waals surface area (Å²) in [6.07, 6.45) is 3.46. The zero-order valence-corrected chi connectivity index (χ0v) is 11.9. The highest BCUT2D eigenvalue weighted by molar-refractivity contribution is 5.76. The van der Waals surface area contributed by atoms with Crippen LogP contribution in [0.4, 0.5) is 5.69 Å². The Kier molecular flexibility index (Phi) is 3.99. The number of carboxylic acids is 1. The SMILES string of the molecule is Cc1ccc(C#N)c(NC2CCCCC2(C)C(=O)O)c1. The fourth-order valence-corrected chi connectivity index (χ4v) is 2.88. The Labute approximate surface area is 119 Å². The van der Waals surface area contributed by atoms with Crippen LogP contribution in [0.15, 0.2) is 18.2 Å². The van der Waals surface area contributed by atoms with E-state index in [1.54, 1.807) is 13.0 Å². The minimum absolute atomic E-state index is 0.136. The van der Waals surface area contributed by atoms with Crippen molar-refractivity contribution in [3.8, 4) is 6.07 Å². The van der Waals surface area contributed by atoms with E-state index in [0.29, 0.717) is 12.0 Å². The van der Waals surface area contributed by atoms with Crippen molar-refractivity contribution < 1.29 is 9.90 Å². The molecule has 0 saturated heterocycles. The number of hydrogen-bond acceptors (Lipinski definition) is 3. The summed E-state index contributed by atoms with van der Waals surface area (Å²) in [5.74, 6) is -0.763. The quantitative estimate of drug-likeness (QED) is 0.885. The van der Waals surface area contributed by atoms with Gasteiger partial charge in [-0.05, 0) is 44.4 Å². The van der Waals surface area contributed by atoms with Gasteiger partial charge in [0, 0.05) is 6.04 Å². The van der Waals surface area contributed by atoms with Gasteiger partial charge in [0.2, 0.25) is 0 Å². The van der Waals surface area contributed by atoms with Crippen molar-refractivity contribution in [2.75, 3.05) is 5.32 Å². The topological polar surface area (TPSA) is 73.1 Å². The van der Waals surface area contributed by atoms with Crippen LogP contribution in [-0.2, 0) is 4.79 Å². The zero-order valence-electron chi connectivity index (χ0n) is 11.9. The normalized spacial score (nSPS) is 25.8. The summed E-state index contributed by atoms with van der Waals surface area (Å²) in [4.78, 5) is 11.6. The molecular formula is C16H20N2O2. The molecule has 1 aromatic rings. The van der Waals surface area contributed by atoms with Crippen molar-refractivity contribution in [1.82, 2.24) is 0 Å². The molecule has 1 saturated carbocycles. The number of nitrogens with one attached hydrogen (secondary N) is 1. The third-order valence-corrected chi connectivity index (χ3v) is 4.32. The number of nitriles is 1. The fraction of sp³-hybridized carbons (Fsp3) is 0.500. The van der Waals surface area contributed by atoms with E-state index in [9.17, 15) is 15.2 Å². The first-order chi connectivity index (χ1) is 9.47. The highest BCUT2D eigenvalue weighted by atomic mass is 16.4. The summed E-state index contributed by atoms with van der Waals surface area (Å²) in [5, 5.41) is 22.0. The van der Waals surface area contributed by atoms with Crippen molar-refractivity contribution in [1.29, 1.82) is 5.26 Å². The summed E-state index contributed by atoms with van der Waals surface area (Å²) in [6.45, 7) is 3.76. The molecule has 4 heteroatoms. The summed E-state index contributed by atoms with van der Waals surface area (Å²) in [5.41, 5.74) is 1.59. The predicted molar refractivity (Wildman–Crippen MR) is 77.5 cm³/mol. The van der Waals surface area contributed by atoms with Gasteiger partial charge < -0.3 is 10.4 Å². The van der Waals surface area contributed by atoms with Crippen molar-refractivity contribution in [3.05, 3.63) is 29.3 Å². The Balaban J connectivity index is 2.30. The van der Waals surface area contributed by atoms with Crippen molar-refractivity contribution in [3.63, 3.8) is 0 Å². The summed E-state index contributed by atoms with van der Waals surface area (Å²) >= 11 is 0. The minimum atomic E-state index is -0.769. The molecule has 4 nitrogen and oxygen atoms in total. The molecule has 2 atom stereocenters. The molecule has 2 N–H and O–H groups in total. The van der Waals surface area contributed by atoms with Gasteiger partial charge in [-0.2, -0.15) is 5.26 Å². The first-order valence-electron chi connectivity index (χ1n) is 6.98. The molecule has 1 aliphatic carbocycles. The first kappa shape index (κ1) is 14.4. The van der Waals surface area contributed by atoms with Gasteiger partial charge in [0.25, 0.3) is 0 Å². The Morgan fingerprint density at radius 1 is 1.50 bits per heavy atom. The summed E-state index contributed by atoms with van der Waals surface area (Å²) in [7, 11) is 0. The number of aliphatic carboxylic acids is 1. The van der Waals surface area contributed by atoms with Crippen LogP contribution in [0.25, 0.3) is 0 Å². The van der Waals surface area contributed by atoms with Crippen LogP contribution in [0, 0.1) is 23.7 Å². The maximum Gasteiger partial charge on any atom is 0.311 e. The first-order valence-corrected chi connectivity index (χ1v) is 6.98. The number of rotatable bonds is 3. The molecule has 1 aliphatic rings. The number of anilines is 1. The van der Waals surface area contributed by atoms with Crippen molar-refractivity contribution in [2.24, 2.45) is 5.41 Å². The average Bonchev–Trinajstić information content (AvgIpc) is 2.41. The van der Waals surface area contributed by atoms with E-state index < -0.39 is 11.4 Å². The van der Waals surface area contributed by atoms with Gasteiger partial charge in [0.15, 0.2) is 0 Å². The largest absolute Gasteiger partial charge is 0.481 e. The third kappa shape index (κ3) is 2.62. The number of aryl methyl sites for hydroxylation is 1. The van der Waals surface area contributed by atoms with Crippen LogP contribution in [0.5, 0.6) is 0 Å². The molecule has 0 bridgehead atoms. The molecule has 0 spiro atoms. The van der Waals surface area contributed by atoms with Gasteiger partial charge in [-0.15, -0.1) is 0 Å². The molecule has 0 aromatic heterocycles. The van der Waals surface area contributed by atoms with Crippen LogP contribution in [0.1, 0.15) is 43.7 Å². The Hall–Kier alpha value is -2.02. The van der Waals surface area contributed by atoms with E-state index in [1.807, 2.05) is 19.1 Å². The molecule has 2 rings (SSSR count). The lowest BCUT2D eigenvalue weighted by Crippen LogP contribution is -2.46. The lowest BCUT2D eigenvalue weighted by atomic mass is 9.71. The second kappa shape index (κ2) is 5.54. The Morgan fingerprint density at radius 2 is 2.25 bits per heavy atom. The van der Waals surface area contributed by atoms with Crippen molar-refractivity contribution in [2.45, 2.75) is 45.6 Å². The highest BCUT2D eigenvalue weighted by Gasteiger charge is 2.43. The number of nitrogens with zero attached hydrogens (tertiary/aromatic N) is 1. The zero-order chi connectivity index (χ0) is 14.8. The molecule has 2 unspecified atom stereocenters. The van der Waals surface area contributed by atoms with Crippen LogP contribution in [0.2, 0.25) is 0 Å². The standard InChI is InChI=1S/C16H20N2O2/c1-11-6-7-12(10-17)13(9-11)18-14-5-3-4-8-16(14,2)15(19)20/h6-7,9,14,18H,3-5,8H2,1-2H3,(H,19,20). The molecule has 106 valence electrons. The molecule has 0 heterocycles. The Morgan fingerprint density at radius 3 is 2.90 bits per heavy atom. The molecule has 1 fully saturated rings. The highest BCUT2D eigenvalue weighted by Crippen LogP contribution is 2.38. The molecule has 0 amide bonds. The lowest BCUT2D eigenvalue weighted by Gasteiger charge is -2.39. The van der Waals surface area contributed by atoms with Gasteiger partial charge in [-0.3, -0.25) is 4.79 Å². The number of carboxylic acid groups (broad SMARTS) is 1. The van der Waals surface area contributed by atoms with E-state index in [4.69, 9.17) is 0 Å². The smallest absolute Gasteiger partial charge is 0.311 e. The van der Waals surface area contributed by atoms with Gasteiger partial charge in [-0.25, -0.2) is 0 Å².